The molecule has 0 aromatic heterocycles. The van der Waals surface area contributed by atoms with Crippen LogP contribution >= 0.6 is 11.6 Å². The molecule has 0 atom stereocenters. The minimum absolute atomic E-state index is 0.137. The standard InChI is InChI=1S/C20H24ClN3O2/c1-24(2)14-13-23-20(26)17-7-5-16(6-8-17)19(25)22-12-11-15-3-9-18(21)10-4-15/h3-10H,11-14H2,1-2H3,(H,22,25)(H,23,26). The van der Waals surface area contributed by atoms with Crippen LogP contribution < -0.4 is 10.6 Å². The van der Waals surface area contributed by atoms with Crippen molar-refractivity contribution < 1.29 is 9.59 Å². The number of hydrogen-bond donors (Lipinski definition) is 2. The van der Waals surface area contributed by atoms with E-state index in [4.69, 9.17) is 11.6 Å². The number of carbonyl (C=O) groups excluding carboxylic acids is 2. The van der Waals surface area contributed by atoms with E-state index in [0.29, 0.717) is 29.2 Å². The Balaban J connectivity index is 1.80. The summed E-state index contributed by atoms with van der Waals surface area (Å²) < 4.78 is 0. The zero-order valence-corrected chi connectivity index (χ0v) is 15.8. The summed E-state index contributed by atoms with van der Waals surface area (Å²) in [6, 6.07) is 14.2. The second-order valence-electron chi connectivity index (χ2n) is 6.27. The van der Waals surface area contributed by atoms with Crippen molar-refractivity contribution in [3.63, 3.8) is 0 Å². The first-order valence-corrected chi connectivity index (χ1v) is 8.89. The average Bonchev–Trinajstić information content (AvgIpc) is 2.63. The van der Waals surface area contributed by atoms with Gasteiger partial charge in [-0.05, 0) is 62.5 Å². The normalized spacial score (nSPS) is 10.6. The number of nitrogens with zero attached hydrogens (tertiary/aromatic N) is 1. The van der Waals surface area contributed by atoms with Crippen molar-refractivity contribution in [3.05, 3.63) is 70.2 Å². The largest absolute Gasteiger partial charge is 0.352 e. The summed E-state index contributed by atoms with van der Waals surface area (Å²) in [5.41, 5.74) is 2.19. The predicted octanol–water partition coefficient (Wildman–Crippen LogP) is 2.60. The molecule has 0 aliphatic heterocycles. The van der Waals surface area contributed by atoms with Gasteiger partial charge in [-0.1, -0.05) is 23.7 Å². The Labute approximate surface area is 159 Å². The van der Waals surface area contributed by atoms with Gasteiger partial charge in [0.25, 0.3) is 11.8 Å². The van der Waals surface area contributed by atoms with Crippen LogP contribution in [0.4, 0.5) is 0 Å². The highest BCUT2D eigenvalue weighted by molar-refractivity contribution is 6.30. The molecule has 0 saturated heterocycles. The summed E-state index contributed by atoms with van der Waals surface area (Å²) in [6.07, 6.45) is 0.731. The Morgan fingerprint density at radius 3 is 1.85 bits per heavy atom. The van der Waals surface area contributed by atoms with Gasteiger partial charge in [-0.2, -0.15) is 0 Å². The molecule has 5 nitrogen and oxygen atoms in total. The molecular formula is C20H24ClN3O2. The smallest absolute Gasteiger partial charge is 0.251 e. The summed E-state index contributed by atoms with van der Waals surface area (Å²) >= 11 is 5.85. The first-order chi connectivity index (χ1) is 12.5. The van der Waals surface area contributed by atoms with E-state index in [2.05, 4.69) is 10.6 Å². The van der Waals surface area contributed by atoms with Gasteiger partial charge in [0.15, 0.2) is 0 Å². The summed E-state index contributed by atoms with van der Waals surface area (Å²) in [5, 5.41) is 6.42. The number of carbonyl (C=O) groups is 2. The lowest BCUT2D eigenvalue weighted by Gasteiger charge is -2.10. The van der Waals surface area contributed by atoms with Crippen LogP contribution in [0.5, 0.6) is 0 Å². The third-order valence-corrected chi connectivity index (χ3v) is 4.12. The fraction of sp³-hybridized carbons (Fsp3) is 0.300. The maximum Gasteiger partial charge on any atom is 0.251 e. The van der Waals surface area contributed by atoms with Gasteiger partial charge in [0.2, 0.25) is 0 Å². The fourth-order valence-corrected chi connectivity index (χ4v) is 2.47. The molecule has 2 amide bonds. The quantitative estimate of drug-likeness (QED) is 0.747. The van der Waals surface area contributed by atoms with E-state index in [0.717, 1.165) is 18.5 Å². The van der Waals surface area contributed by atoms with Crippen LogP contribution in [0.2, 0.25) is 5.02 Å². The summed E-state index contributed by atoms with van der Waals surface area (Å²) in [6.45, 7) is 1.89. The van der Waals surface area contributed by atoms with Crippen molar-refractivity contribution in [1.82, 2.24) is 15.5 Å². The molecule has 2 aromatic carbocycles. The molecule has 0 unspecified atom stereocenters. The van der Waals surface area contributed by atoms with E-state index in [1.165, 1.54) is 0 Å². The average molecular weight is 374 g/mol. The molecule has 2 rings (SSSR count). The number of rotatable bonds is 8. The molecule has 138 valence electrons. The summed E-state index contributed by atoms with van der Waals surface area (Å²) in [5.74, 6) is -0.292. The van der Waals surface area contributed by atoms with Crippen molar-refractivity contribution >= 4 is 23.4 Å². The number of hydrogen-bond acceptors (Lipinski definition) is 3. The second-order valence-corrected chi connectivity index (χ2v) is 6.71. The molecule has 6 heteroatoms. The summed E-state index contributed by atoms with van der Waals surface area (Å²) in [4.78, 5) is 26.2. The van der Waals surface area contributed by atoms with E-state index in [9.17, 15) is 9.59 Å². The highest BCUT2D eigenvalue weighted by atomic mass is 35.5. The van der Waals surface area contributed by atoms with Crippen molar-refractivity contribution in [2.24, 2.45) is 0 Å². The number of benzene rings is 2. The maximum absolute atomic E-state index is 12.2. The van der Waals surface area contributed by atoms with Gasteiger partial charge in [0.1, 0.15) is 0 Å². The molecular weight excluding hydrogens is 350 g/mol. The highest BCUT2D eigenvalue weighted by Gasteiger charge is 2.08. The van der Waals surface area contributed by atoms with E-state index in [1.807, 2.05) is 43.3 Å². The topological polar surface area (TPSA) is 61.4 Å². The van der Waals surface area contributed by atoms with Crippen LogP contribution in [0.1, 0.15) is 26.3 Å². The zero-order valence-electron chi connectivity index (χ0n) is 15.1. The first kappa shape index (κ1) is 19.9. The van der Waals surface area contributed by atoms with E-state index in [1.54, 1.807) is 24.3 Å². The Bertz CT molecular complexity index is 728. The Hall–Kier alpha value is -2.37. The molecule has 0 fully saturated rings. The third-order valence-electron chi connectivity index (χ3n) is 3.87. The molecule has 26 heavy (non-hydrogen) atoms. The van der Waals surface area contributed by atoms with E-state index < -0.39 is 0 Å². The molecule has 2 N–H and O–H groups in total. The Morgan fingerprint density at radius 1 is 0.846 bits per heavy atom. The first-order valence-electron chi connectivity index (χ1n) is 8.51. The van der Waals surface area contributed by atoms with Gasteiger partial charge in [-0.15, -0.1) is 0 Å². The highest BCUT2D eigenvalue weighted by Crippen LogP contribution is 2.10. The van der Waals surface area contributed by atoms with Gasteiger partial charge in [-0.25, -0.2) is 0 Å². The number of nitrogens with one attached hydrogen (secondary N) is 2. The molecule has 0 spiro atoms. The molecule has 0 aliphatic carbocycles. The maximum atomic E-state index is 12.2. The van der Waals surface area contributed by atoms with Crippen LogP contribution in [0, 0.1) is 0 Å². The van der Waals surface area contributed by atoms with Gasteiger partial charge < -0.3 is 15.5 Å². The minimum atomic E-state index is -0.154. The van der Waals surface area contributed by atoms with Crippen LogP contribution in [0.3, 0.4) is 0 Å². The lowest BCUT2D eigenvalue weighted by atomic mass is 10.1. The number of likely N-dealkylation sites (N-methyl/N-ethyl adjacent to an activating group) is 1. The van der Waals surface area contributed by atoms with Crippen LogP contribution in [0.15, 0.2) is 48.5 Å². The van der Waals surface area contributed by atoms with Gasteiger partial charge >= 0.3 is 0 Å². The summed E-state index contributed by atoms with van der Waals surface area (Å²) in [7, 11) is 3.90. The molecule has 0 bridgehead atoms. The molecule has 0 radical (unpaired) electrons. The van der Waals surface area contributed by atoms with E-state index in [-0.39, 0.29) is 11.8 Å². The Morgan fingerprint density at radius 2 is 1.35 bits per heavy atom. The van der Waals surface area contributed by atoms with Gasteiger partial charge in [-0.3, -0.25) is 9.59 Å². The van der Waals surface area contributed by atoms with Crippen molar-refractivity contribution in [3.8, 4) is 0 Å². The monoisotopic (exact) mass is 373 g/mol. The van der Waals surface area contributed by atoms with Crippen LogP contribution in [0.25, 0.3) is 0 Å². The zero-order chi connectivity index (χ0) is 18.9. The molecule has 2 aromatic rings. The lowest BCUT2D eigenvalue weighted by molar-refractivity contribution is 0.0940. The Kier molecular flexibility index (Phi) is 7.63. The second kappa shape index (κ2) is 9.94. The minimum Gasteiger partial charge on any atom is -0.352 e. The van der Waals surface area contributed by atoms with Gasteiger partial charge in [0.05, 0.1) is 0 Å². The van der Waals surface area contributed by atoms with Crippen LogP contribution in [-0.4, -0.2) is 50.4 Å². The fourth-order valence-electron chi connectivity index (χ4n) is 2.34. The van der Waals surface area contributed by atoms with Crippen molar-refractivity contribution in [1.29, 1.82) is 0 Å². The molecule has 0 saturated carbocycles. The third kappa shape index (κ3) is 6.50. The van der Waals surface area contributed by atoms with Crippen molar-refractivity contribution in [2.75, 3.05) is 33.7 Å². The van der Waals surface area contributed by atoms with Crippen LogP contribution in [-0.2, 0) is 6.42 Å². The molecule has 0 heterocycles. The van der Waals surface area contributed by atoms with Crippen molar-refractivity contribution in [2.45, 2.75) is 6.42 Å². The SMILES string of the molecule is CN(C)CCNC(=O)c1ccc(C(=O)NCCc2ccc(Cl)cc2)cc1. The van der Waals surface area contributed by atoms with E-state index >= 15 is 0 Å². The predicted molar refractivity (Wildman–Crippen MR) is 105 cm³/mol. The molecule has 0 aliphatic rings. The number of amides is 2. The lowest BCUT2D eigenvalue weighted by Crippen LogP contribution is -2.31. The number of halogens is 1. The van der Waals surface area contributed by atoms with Gasteiger partial charge in [0, 0.05) is 35.8 Å².